The molecular formula is C10H23N3O. The van der Waals surface area contributed by atoms with Crippen molar-refractivity contribution in [3.63, 3.8) is 0 Å². The maximum absolute atomic E-state index is 11.3. The van der Waals surface area contributed by atoms with Crippen molar-refractivity contribution < 1.29 is 4.79 Å². The summed E-state index contributed by atoms with van der Waals surface area (Å²) in [5.74, 6) is 0.0956. The molecule has 0 saturated heterocycles. The first-order valence-corrected chi connectivity index (χ1v) is 5.25. The lowest BCUT2D eigenvalue weighted by molar-refractivity contribution is -0.122. The number of rotatable bonds is 7. The Morgan fingerprint density at radius 2 is 2.07 bits per heavy atom. The molecule has 4 nitrogen and oxygen atoms in total. The van der Waals surface area contributed by atoms with Crippen LogP contribution in [0.15, 0.2) is 0 Å². The zero-order valence-corrected chi connectivity index (χ0v) is 9.55. The summed E-state index contributed by atoms with van der Waals surface area (Å²) in [6.07, 6.45) is 1.94. The fourth-order valence-corrected chi connectivity index (χ4v) is 0.962. The highest BCUT2D eigenvalue weighted by Crippen LogP contribution is 1.92. The minimum Gasteiger partial charge on any atom is -0.355 e. The smallest absolute Gasteiger partial charge is 0.234 e. The molecule has 0 radical (unpaired) electrons. The summed E-state index contributed by atoms with van der Waals surface area (Å²) in [5.41, 5.74) is 5.34. The predicted octanol–water partition coefficient (Wildman–Crippen LogP) is 0.182. The molecule has 0 spiro atoms. The highest BCUT2D eigenvalue weighted by atomic mass is 16.2. The molecule has 0 aliphatic heterocycles. The van der Waals surface area contributed by atoms with Crippen molar-refractivity contribution in [2.24, 2.45) is 5.73 Å². The van der Waals surface area contributed by atoms with Gasteiger partial charge in [0, 0.05) is 12.6 Å². The molecule has 0 unspecified atom stereocenters. The zero-order chi connectivity index (χ0) is 11.0. The van der Waals surface area contributed by atoms with Crippen LogP contribution in [0.4, 0.5) is 0 Å². The summed E-state index contributed by atoms with van der Waals surface area (Å²) >= 11 is 0. The van der Waals surface area contributed by atoms with Gasteiger partial charge in [-0.05, 0) is 40.3 Å². The number of nitrogens with two attached hydrogens (primary N) is 1. The van der Waals surface area contributed by atoms with E-state index < -0.39 is 0 Å². The number of carbonyl (C=O) groups is 1. The van der Waals surface area contributed by atoms with Gasteiger partial charge in [0.1, 0.15) is 0 Å². The molecule has 0 heterocycles. The minimum atomic E-state index is 0.0956. The second-order valence-corrected chi connectivity index (χ2v) is 3.85. The lowest BCUT2D eigenvalue weighted by Crippen LogP contribution is -2.38. The number of amides is 1. The summed E-state index contributed by atoms with van der Waals surface area (Å²) in [5, 5.41) is 2.87. The van der Waals surface area contributed by atoms with Crippen LogP contribution in [-0.2, 0) is 4.79 Å². The predicted molar refractivity (Wildman–Crippen MR) is 59.1 cm³/mol. The molecule has 0 fully saturated rings. The van der Waals surface area contributed by atoms with Gasteiger partial charge in [-0.15, -0.1) is 0 Å². The van der Waals surface area contributed by atoms with E-state index in [-0.39, 0.29) is 5.91 Å². The highest BCUT2D eigenvalue weighted by Gasteiger charge is 2.07. The van der Waals surface area contributed by atoms with Crippen LogP contribution in [0.25, 0.3) is 0 Å². The molecule has 3 N–H and O–H groups in total. The first-order valence-electron chi connectivity index (χ1n) is 5.25. The van der Waals surface area contributed by atoms with E-state index in [4.69, 9.17) is 5.73 Å². The van der Waals surface area contributed by atoms with E-state index in [9.17, 15) is 4.79 Å². The molecule has 0 aromatic carbocycles. The van der Waals surface area contributed by atoms with Crippen molar-refractivity contribution in [3.8, 4) is 0 Å². The van der Waals surface area contributed by atoms with Crippen molar-refractivity contribution in [1.82, 2.24) is 10.2 Å². The van der Waals surface area contributed by atoms with Crippen LogP contribution >= 0.6 is 0 Å². The number of nitrogens with zero attached hydrogens (tertiary/aromatic N) is 1. The van der Waals surface area contributed by atoms with Crippen molar-refractivity contribution >= 4 is 5.91 Å². The Kier molecular flexibility index (Phi) is 7.42. The third-order valence-corrected chi connectivity index (χ3v) is 2.23. The first kappa shape index (κ1) is 13.4. The summed E-state index contributed by atoms with van der Waals surface area (Å²) < 4.78 is 0. The number of carbonyl (C=O) groups excluding carboxylic acids is 1. The second-order valence-electron chi connectivity index (χ2n) is 3.85. The van der Waals surface area contributed by atoms with Crippen LogP contribution in [0.1, 0.15) is 26.7 Å². The van der Waals surface area contributed by atoms with E-state index in [1.807, 2.05) is 11.9 Å². The Bertz CT molecular complexity index is 159. The molecule has 4 heteroatoms. The van der Waals surface area contributed by atoms with Gasteiger partial charge in [-0.3, -0.25) is 9.69 Å². The Balaban J connectivity index is 3.45. The minimum absolute atomic E-state index is 0.0956. The maximum atomic E-state index is 11.3. The lowest BCUT2D eigenvalue weighted by atomic mass is 10.3. The molecule has 0 aliphatic rings. The molecule has 0 saturated carbocycles. The SMILES string of the molecule is CC(C)N(C)CC(=O)NCCCCN. The summed E-state index contributed by atoms with van der Waals surface area (Å²) in [7, 11) is 1.95. The van der Waals surface area contributed by atoms with Crippen LogP contribution in [-0.4, -0.2) is 43.5 Å². The summed E-state index contributed by atoms with van der Waals surface area (Å²) in [6, 6.07) is 0.407. The lowest BCUT2D eigenvalue weighted by Gasteiger charge is -2.20. The van der Waals surface area contributed by atoms with Gasteiger partial charge >= 0.3 is 0 Å². The van der Waals surface area contributed by atoms with Crippen molar-refractivity contribution in [2.45, 2.75) is 32.7 Å². The zero-order valence-electron chi connectivity index (χ0n) is 9.55. The highest BCUT2D eigenvalue weighted by molar-refractivity contribution is 5.77. The molecule has 0 atom stereocenters. The monoisotopic (exact) mass is 201 g/mol. The molecule has 14 heavy (non-hydrogen) atoms. The molecule has 0 aromatic heterocycles. The molecule has 0 aromatic rings. The first-order chi connectivity index (χ1) is 6.57. The van der Waals surface area contributed by atoms with Gasteiger partial charge in [-0.25, -0.2) is 0 Å². The van der Waals surface area contributed by atoms with E-state index in [2.05, 4.69) is 19.2 Å². The Morgan fingerprint density at radius 3 is 2.57 bits per heavy atom. The van der Waals surface area contributed by atoms with E-state index >= 15 is 0 Å². The van der Waals surface area contributed by atoms with Gasteiger partial charge < -0.3 is 11.1 Å². The number of unbranched alkanes of at least 4 members (excludes halogenated alkanes) is 1. The number of hydrogen-bond donors (Lipinski definition) is 2. The average molecular weight is 201 g/mol. The van der Waals surface area contributed by atoms with Crippen LogP contribution < -0.4 is 11.1 Å². The van der Waals surface area contributed by atoms with E-state index in [0.717, 1.165) is 19.4 Å². The van der Waals surface area contributed by atoms with Crippen LogP contribution in [0.3, 0.4) is 0 Å². The summed E-state index contributed by atoms with van der Waals surface area (Å²) in [4.78, 5) is 13.3. The standard InChI is InChI=1S/C10H23N3O/c1-9(2)13(3)8-10(14)12-7-5-4-6-11/h9H,4-8,11H2,1-3H3,(H,12,14). The third-order valence-electron chi connectivity index (χ3n) is 2.23. The molecular weight excluding hydrogens is 178 g/mol. The van der Waals surface area contributed by atoms with Crippen molar-refractivity contribution in [3.05, 3.63) is 0 Å². The van der Waals surface area contributed by atoms with Gasteiger partial charge in [-0.2, -0.15) is 0 Å². The molecule has 0 rings (SSSR count). The van der Waals surface area contributed by atoms with Crippen LogP contribution in [0.2, 0.25) is 0 Å². The number of hydrogen-bond acceptors (Lipinski definition) is 3. The topological polar surface area (TPSA) is 58.4 Å². The van der Waals surface area contributed by atoms with Gasteiger partial charge in [0.25, 0.3) is 0 Å². The number of nitrogens with one attached hydrogen (secondary N) is 1. The summed E-state index contributed by atoms with van der Waals surface area (Å²) in [6.45, 7) is 6.05. The van der Waals surface area contributed by atoms with Gasteiger partial charge in [0.2, 0.25) is 5.91 Å². The fourth-order valence-electron chi connectivity index (χ4n) is 0.962. The molecule has 0 aliphatic carbocycles. The van der Waals surface area contributed by atoms with Gasteiger partial charge in [0.05, 0.1) is 6.54 Å². The maximum Gasteiger partial charge on any atom is 0.234 e. The van der Waals surface area contributed by atoms with Crippen molar-refractivity contribution in [1.29, 1.82) is 0 Å². The largest absolute Gasteiger partial charge is 0.355 e. The Hall–Kier alpha value is -0.610. The Morgan fingerprint density at radius 1 is 1.43 bits per heavy atom. The second kappa shape index (κ2) is 7.76. The van der Waals surface area contributed by atoms with E-state index in [1.54, 1.807) is 0 Å². The van der Waals surface area contributed by atoms with Crippen LogP contribution in [0.5, 0.6) is 0 Å². The fraction of sp³-hybridized carbons (Fsp3) is 0.900. The van der Waals surface area contributed by atoms with E-state index in [1.165, 1.54) is 0 Å². The molecule has 84 valence electrons. The van der Waals surface area contributed by atoms with E-state index in [0.29, 0.717) is 19.1 Å². The van der Waals surface area contributed by atoms with Crippen molar-refractivity contribution in [2.75, 3.05) is 26.7 Å². The Labute approximate surface area is 86.8 Å². The molecule has 0 bridgehead atoms. The average Bonchev–Trinajstić information content (AvgIpc) is 2.12. The van der Waals surface area contributed by atoms with Gasteiger partial charge in [-0.1, -0.05) is 0 Å². The third kappa shape index (κ3) is 6.86. The normalized spacial score (nSPS) is 11.0. The number of likely N-dealkylation sites (N-methyl/N-ethyl adjacent to an activating group) is 1. The quantitative estimate of drug-likeness (QED) is 0.578. The van der Waals surface area contributed by atoms with Gasteiger partial charge in [0.15, 0.2) is 0 Å². The molecule has 1 amide bonds. The van der Waals surface area contributed by atoms with Crippen LogP contribution in [0, 0.1) is 0 Å².